The Labute approximate surface area is 135 Å². The number of hydrogen-bond donors (Lipinski definition) is 1. The van der Waals surface area contributed by atoms with Gasteiger partial charge in [0.2, 0.25) is 0 Å². The summed E-state index contributed by atoms with van der Waals surface area (Å²) in [6.45, 7) is -0.270. The van der Waals surface area contributed by atoms with Gasteiger partial charge in [-0.3, -0.25) is 9.63 Å². The topological polar surface area (TPSA) is 68.5 Å². The number of terminal acetylenes is 1. The van der Waals surface area contributed by atoms with Crippen LogP contribution in [0.4, 0.5) is 9.52 Å². The van der Waals surface area contributed by atoms with Crippen molar-refractivity contribution in [2.24, 2.45) is 0 Å². The maximum Gasteiger partial charge on any atom is 0.291 e. The minimum absolute atomic E-state index is 0.0321. The number of nitrogens with zero attached hydrogens (tertiary/aromatic N) is 2. The van der Waals surface area contributed by atoms with Crippen LogP contribution < -0.4 is 5.73 Å². The highest BCUT2D eigenvalue weighted by molar-refractivity contribution is 7.17. The van der Waals surface area contributed by atoms with Gasteiger partial charge in [0, 0.05) is 5.56 Å². The Morgan fingerprint density at radius 1 is 1.55 bits per heavy atom. The smallest absolute Gasteiger partial charge is 0.291 e. The molecule has 0 saturated heterocycles. The fraction of sp³-hybridized carbons (Fsp3) is 0.143. The number of carbonyl (C=O) groups is 1. The molecule has 0 saturated carbocycles. The molecule has 0 aliphatic carbocycles. The Balaban J connectivity index is 2.26. The van der Waals surface area contributed by atoms with E-state index < -0.39 is 11.7 Å². The first-order chi connectivity index (χ1) is 10.5. The zero-order valence-electron chi connectivity index (χ0n) is 11.3. The maximum absolute atomic E-state index is 13.7. The Bertz CT molecular complexity index is 729. The van der Waals surface area contributed by atoms with Crippen molar-refractivity contribution in [2.75, 3.05) is 12.3 Å². The van der Waals surface area contributed by atoms with Crippen molar-refractivity contribution < 1.29 is 14.0 Å². The highest BCUT2D eigenvalue weighted by Gasteiger charge is 2.24. The van der Waals surface area contributed by atoms with Gasteiger partial charge >= 0.3 is 0 Å². The number of amides is 1. The largest absolute Gasteiger partial charge is 0.375 e. The van der Waals surface area contributed by atoms with Crippen LogP contribution in [0.3, 0.4) is 0 Å². The van der Waals surface area contributed by atoms with Crippen molar-refractivity contribution in [3.63, 3.8) is 0 Å². The number of halogens is 2. The molecule has 114 valence electrons. The molecule has 1 aromatic heterocycles. The third-order valence-electron chi connectivity index (χ3n) is 2.60. The Morgan fingerprint density at radius 2 is 2.27 bits per heavy atom. The molecule has 0 atom stereocenters. The first-order valence-electron chi connectivity index (χ1n) is 6.06. The van der Waals surface area contributed by atoms with Gasteiger partial charge in [-0.15, -0.1) is 6.42 Å². The monoisotopic (exact) mass is 339 g/mol. The molecule has 0 unspecified atom stereocenters. The van der Waals surface area contributed by atoms with Crippen LogP contribution in [0.1, 0.15) is 15.2 Å². The summed E-state index contributed by atoms with van der Waals surface area (Å²) in [4.78, 5) is 21.5. The fourth-order valence-electron chi connectivity index (χ4n) is 1.63. The number of thiazole rings is 1. The molecule has 1 amide bonds. The Morgan fingerprint density at radius 3 is 2.86 bits per heavy atom. The molecule has 0 radical (unpaired) electrons. The van der Waals surface area contributed by atoms with Crippen LogP contribution in [0.5, 0.6) is 0 Å². The zero-order chi connectivity index (χ0) is 16.1. The van der Waals surface area contributed by atoms with E-state index in [1.165, 1.54) is 12.1 Å². The number of aromatic nitrogens is 1. The number of hydroxylamine groups is 2. The lowest BCUT2D eigenvalue weighted by atomic mass is 10.2. The number of carbonyl (C=O) groups excluding carboxylic acids is 1. The number of anilines is 1. The summed E-state index contributed by atoms with van der Waals surface area (Å²) in [5.74, 6) is 1.20. The lowest BCUT2D eigenvalue weighted by Crippen LogP contribution is -2.31. The van der Waals surface area contributed by atoms with Crippen molar-refractivity contribution in [1.82, 2.24) is 10.0 Å². The molecule has 1 heterocycles. The summed E-state index contributed by atoms with van der Waals surface area (Å²) in [7, 11) is 0. The molecule has 22 heavy (non-hydrogen) atoms. The van der Waals surface area contributed by atoms with Crippen molar-refractivity contribution in [2.45, 2.75) is 6.54 Å². The third kappa shape index (κ3) is 3.74. The van der Waals surface area contributed by atoms with E-state index in [0.29, 0.717) is 0 Å². The van der Waals surface area contributed by atoms with E-state index in [-0.39, 0.29) is 33.9 Å². The van der Waals surface area contributed by atoms with E-state index >= 15 is 0 Å². The van der Waals surface area contributed by atoms with Crippen LogP contribution in [0.2, 0.25) is 5.15 Å². The molecule has 2 aromatic rings. The summed E-state index contributed by atoms with van der Waals surface area (Å²) >= 11 is 6.77. The molecule has 0 spiro atoms. The van der Waals surface area contributed by atoms with Gasteiger partial charge in [0.05, 0.1) is 6.54 Å². The number of nitrogen functional groups attached to an aromatic ring is 1. The summed E-state index contributed by atoms with van der Waals surface area (Å²) in [6.07, 6.45) is 5.13. The Hall–Kier alpha value is -2.14. The van der Waals surface area contributed by atoms with Crippen LogP contribution in [-0.4, -0.2) is 22.6 Å². The second-order valence-electron chi connectivity index (χ2n) is 4.08. The Kier molecular flexibility index (Phi) is 5.33. The molecule has 2 N–H and O–H groups in total. The van der Waals surface area contributed by atoms with E-state index in [9.17, 15) is 9.18 Å². The van der Waals surface area contributed by atoms with Crippen LogP contribution in [0.25, 0.3) is 0 Å². The lowest BCUT2D eigenvalue weighted by Gasteiger charge is -2.20. The quantitative estimate of drug-likeness (QED) is 0.671. The first kappa shape index (κ1) is 16.2. The van der Waals surface area contributed by atoms with Gasteiger partial charge in [-0.25, -0.2) is 14.4 Å². The molecular formula is C14H11ClFN3O2S. The van der Waals surface area contributed by atoms with E-state index in [0.717, 1.165) is 16.4 Å². The molecule has 2 rings (SSSR count). The van der Waals surface area contributed by atoms with Crippen LogP contribution >= 0.6 is 22.9 Å². The SMILES string of the molecule is C#CCON(Cc1ccccc1F)C(=O)c1sc(N)nc1Cl. The maximum atomic E-state index is 13.7. The standard InChI is InChI=1S/C14H11ClFN3O2S/c1-2-7-21-19(8-9-5-3-4-6-10(9)16)13(20)11-12(15)18-14(17)22-11/h1,3-6H,7-8H2,(H2,17,18). The molecule has 1 aromatic carbocycles. The molecule has 8 heteroatoms. The normalized spacial score (nSPS) is 10.2. The van der Waals surface area contributed by atoms with Gasteiger partial charge < -0.3 is 5.73 Å². The van der Waals surface area contributed by atoms with E-state index in [1.54, 1.807) is 12.1 Å². The summed E-state index contributed by atoms with van der Waals surface area (Å²) in [5.41, 5.74) is 5.79. The number of benzene rings is 1. The van der Waals surface area contributed by atoms with Gasteiger partial charge in [0.1, 0.15) is 17.3 Å². The van der Waals surface area contributed by atoms with Crippen LogP contribution in [-0.2, 0) is 11.4 Å². The summed E-state index contributed by atoms with van der Waals surface area (Å²) in [5, 5.41) is 1.06. The average molecular weight is 340 g/mol. The van der Waals surface area contributed by atoms with Crippen molar-refractivity contribution in [3.05, 3.63) is 45.7 Å². The third-order valence-corrected chi connectivity index (χ3v) is 3.86. The molecule has 0 aliphatic heterocycles. The number of hydrogen-bond acceptors (Lipinski definition) is 5. The predicted molar refractivity (Wildman–Crippen MR) is 82.6 cm³/mol. The fourth-order valence-corrected chi connectivity index (χ4v) is 2.64. The average Bonchev–Trinajstić information content (AvgIpc) is 2.83. The molecule has 0 aliphatic rings. The second kappa shape index (κ2) is 7.22. The lowest BCUT2D eigenvalue weighted by molar-refractivity contribution is -0.116. The van der Waals surface area contributed by atoms with Gasteiger partial charge in [-0.1, -0.05) is 47.1 Å². The number of rotatable bonds is 5. The summed E-state index contributed by atoms with van der Waals surface area (Å²) < 4.78 is 13.7. The van der Waals surface area contributed by atoms with E-state index in [1.807, 2.05) is 0 Å². The zero-order valence-corrected chi connectivity index (χ0v) is 12.8. The minimum atomic E-state index is -0.585. The molecule has 0 fully saturated rings. The van der Waals surface area contributed by atoms with Gasteiger partial charge in [0.25, 0.3) is 5.91 Å². The van der Waals surface area contributed by atoms with E-state index in [4.69, 9.17) is 28.6 Å². The van der Waals surface area contributed by atoms with Crippen molar-refractivity contribution in [1.29, 1.82) is 0 Å². The molecule has 5 nitrogen and oxygen atoms in total. The van der Waals surface area contributed by atoms with Gasteiger partial charge in [-0.2, -0.15) is 0 Å². The van der Waals surface area contributed by atoms with Crippen LogP contribution in [0, 0.1) is 18.2 Å². The second-order valence-corrected chi connectivity index (χ2v) is 5.47. The van der Waals surface area contributed by atoms with Crippen molar-refractivity contribution >= 4 is 34.0 Å². The first-order valence-corrected chi connectivity index (χ1v) is 7.25. The van der Waals surface area contributed by atoms with Gasteiger partial charge in [0.15, 0.2) is 10.3 Å². The highest BCUT2D eigenvalue weighted by atomic mass is 35.5. The van der Waals surface area contributed by atoms with E-state index in [2.05, 4.69) is 10.9 Å². The predicted octanol–water partition coefficient (Wildman–Crippen LogP) is 2.73. The molecule has 0 bridgehead atoms. The van der Waals surface area contributed by atoms with Gasteiger partial charge in [-0.05, 0) is 6.07 Å². The number of nitrogens with two attached hydrogens (primary N) is 1. The van der Waals surface area contributed by atoms with Crippen LogP contribution in [0.15, 0.2) is 24.3 Å². The highest BCUT2D eigenvalue weighted by Crippen LogP contribution is 2.27. The van der Waals surface area contributed by atoms with Crippen molar-refractivity contribution in [3.8, 4) is 12.3 Å². The molecular weight excluding hydrogens is 329 g/mol. The summed E-state index contributed by atoms with van der Waals surface area (Å²) in [6, 6.07) is 6.03. The minimum Gasteiger partial charge on any atom is -0.375 e.